The van der Waals surface area contributed by atoms with E-state index >= 15 is 0 Å². The van der Waals surface area contributed by atoms with Crippen molar-refractivity contribution in [2.75, 3.05) is 0 Å². The van der Waals surface area contributed by atoms with Crippen LogP contribution in [0.15, 0.2) is 27.9 Å². The number of hydrogen-bond donors (Lipinski definition) is 2. The number of H-pyrrole nitrogens is 1. The van der Waals surface area contributed by atoms with E-state index in [2.05, 4.69) is 4.98 Å². The van der Waals surface area contributed by atoms with Gasteiger partial charge in [0.2, 0.25) is 0 Å². The van der Waals surface area contributed by atoms with E-state index in [0.717, 1.165) is 18.2 Å². The summed E-state index contributed by atoms with van der Waals surface area (Å²) in [5, 5.41) is -0.549. The molecule has 132 valence electrons. The van der Waals surface area contributed by atoms with Crippen molar-refractivity contribution in [3.05, 3.63) is 34.4 Å². The van der Waals surface area contributed by atoms with Gasteiger partial charge in [0.05, 0.1) is 11.6 Å². The topological polar surface area (TPSA) is 114 Å². The standard InChI is InChI=1S/C13H14ClFNO6PS/c1-3-7(2)22-23(18,19)11-4-8-5-12(24(14,20)21)9(15)6-10(8)16-13(11)17/h4-7H,3H2,1-2H3,(H,16,17)(H,18,19). The van der Waals surface area contributed by atoms with E-state index in [4.69, 9.17) is 15.2 Å². The summed E-state index contributed by atoms with van der Waals surface area (Å²) < 4.78 is 53.8. The predicted molar refractivity (Wildman–Crippen MR) is 87.9 cm³/mol. The number of pyridine rings is 1. The maximum atomic E-state index is 13.8. The summed E-state index contributed by atoms with van der Waals surface area (Å²) in [6, 6.07) is 2.63. The summed E-state index contributed by atoms with van der Waals surface area (Å²) in [5.74, 6) is -1.15. The maximum absolute atomic E-state index is 13.8. The van der Waals surface area contributed by atoms with Gasteiger partial charge in [0.1, 0.15) is 16.0 Å². The average molecular weight is 398 g/mol. The highest BCUT2D eigenvalue weighted by Gasteiger charge is 2.29. The van der Waals surface area contributed by atoms with Crippen LogP contribution in [0.4, 0.5) is 4.39 Å². The Morgan fingerprint density at radius 3 is 2.58 bits per heavy atom. The van der Waals surface area contributed by atoms with Crippen molar-refractivity contribution in [2.45, 2.75) is 31.3 Å². The molecule has 2 atom stereocenters. The molecule has 24 heavy (non-hydrogen) atoms. The van der Waals surface area contributed by atoms with Gasteiger partial charge in [-0.2, -0.15) is 0 Å². The molecule has 0 saturated carbocycles. The molecule has 2 aromatic rings. The largest absolute Gasteiger partial charge is 0.364 e. The SMILES string of the molecule is CCC(C)OP(=O)(O)c1cc2cc(S(=O)(=O)Cl)c(F)cc2[nH]c1=O. The molecule has 1 aromatic carbocycles. The molecule has 11 heteroatoms. The van der Waals surface area contributed by atoms with E-state index in [1.807, 2.05) is 0 Å². The fraction of sp³-hybridized carbons (Fsp3) is 0.308. The molecular formula is C13H14ClFNO6PS. The van der Waals surface area contributed by atoms with Gasteiger partial charge in [-0.05, 0) is 31.5 Å². The van der Waals surface area contributed by atoms with Crippen LogP contribution in [0.3, 0.4) is 0 Å². The first-order valence-electron chi connectivity index (χ1n) is 6.78. The van der Waals surface area contributed by atoms with E-state index in [-0.39, 0.29) is 10.9 Å². The van der Waals surface area contributed by atoms with E-state index in [1.165, 1.54) is 0 Å². The molecule has 2 unspecified atom stereocenters. The van der Waals surface area contributed by atoms with Crippen LogP contribution in [0.5, 0.6) is 0 Å². The van der Waals surface area contributed by atoms with Gasteiger partial charge in [-0.15, -0.1) is 0 Å². The molecule has 0 saturated heterocycles. The summed E-state index contributed by atoms with van der Waals surface area (Å²) in [4.78, 5) is 23.4. The Balaban J connectivity index is 2.70. The van der Waals surface area contributed by atoms with E-state index in [9.17, 15) is 27.1 Å². The van der Waals surface area contributed by atoms with Crippen molar-refractivity contribution < 1.29 is 26.8 Å². The Labute approximate surface area is 141 Å². The summed E-state index contributed by atoms with van der Waals surface area (Å²) in [5.41, 5.74) is -0.980. The molecule has 0 aliphatic rings. The fourth-order valence-electron chi connectivity index (χ4n) is 1.97. The highest BCUT2D eigenvalue weighted by atomic mass is 35.7. The van der Waals surface area contributed by atoms with Crippen molar-refractivity contribution >= 4 is 43.5 Å². The molecule has 1 aromatic heterocycles. The van der Waals surface area contributed by atoms with Gasteiger partial charge >= 0.3 is 7.60 Å². The van der Waals surface area contributed by atoms with Gasteiger partial charge in [0.15, 0.2) is 0 Å². The minimum Gasteiger partial charge on any atom is -0.321 e. The van der Waals surface area contributed by atoms with Crippen LogP contribution in [-0.4, -0.2) is 24.4 Å². The maximum Gasteiger partial charge on any atom is 0.364 e. The van der Waals surface area contributed by atoms with Gasteiger partial charge in [0.25, 0.3) is 14.6 Å². The highest BCUT2D eigenvalue weighted by Crippen LogP contribution is 2.41. The Morgan fingerprint density at radius 2 is 2.04 bits per heavy atom. The number of fused-ring (bicyclic) bond motifs is 1. The fourth-order valence-corrected chi connectivity index (χ4v) is 4.25. The monoisotopic (exact) mass is 397 g/mol. The zero-order chi connectivity index (χ0) is 18.3. The van der Waals surface area contributed by atoms with Crippen LogP contribution in [0.25, 0.3) is 10.9 Å². The Hall–Kier alpha value is -1.25. The number of hydrogen-bond acceptors (Lipinski definition) is 5. The van der Waals surface area contributed by atoms with E-state index in [0.29, 0.717) is 6.42 Å². The normalized spacial score (nSPS) is 16.0. The smallest absolute Gasteiger partial charge is 0.321 e. The van der Waals surface area contributed by atoms with Crippen LogP contribution in [0, 0.1) is 5.82 Å². The molecule has 7 nitrogen and oxygen atoms in total. The lowest BCUT2D eigenvalue weighted by atomic mass is 10.2. The number of halogens is 2. The van der Waals surface area contributed by atoms with Gasteiger partial charge in [-0.1, -0.05) is 6.92 Å². The first-order chi connectivity index (χ1) is 11.0. The van der Waals surface area contributed by atoms with Crippen molar-refractivity contribution in [1.82, 2.24) is 4.98 Å². The molecule has 0 aliphatic heterocycles. The van der Waals surface area contributed by atoms with Gasteiger partial charge in [-0.25, -0.2) is 12.8 Å². The lowest BCUT2D eigenvalue weighted by Gasteiger charge is -2.16. The van der Waals surface area contributed by atoms with Gasteiger partial charge in [-0.3, -0.25) is 9.36 Å². The molecule has 0 amide bonds. The molecule has 0 bridgehead atoms. The summed E-state index contributed by atoms with van der Waals surface area (Å²) in [7, 11) is -3.67. The summed E-state index contributed by atoms with van der Waals surface area (Å²) in [6.07, 6.45) is -0.140. The summed E-state index contributed by atoms with van der Waals surface area (Å²) >= 11 is 0. The third-order valence-electron chi connectivity index (χ3n) is 3.34. The van der Waals surface area contributed by atoms with Crippen LogP contribution < -0.4 is 10.9 Å². The number of aromatic amines is 1. The summed E-state index contributed by atoms with van der Waals surface area (Å²) in [6.45, 7) is 3.29. The van der Waals surface area contributed by atoms with E-state index < -0.39 is 44.3 Å². The zero-order valence-electron chi connectivity index (χ0n) is 12.6. The average Bonchev–Trinajstić information content (AvgIpc) is 2.43. The third-order valence-corrected chi connectivity index (χ3v) is 6.27. The lowest BCUT2D eigenvalue weighted by Crippen LogP contribution is -2.29. The highest BCUT2D eigenvalue weighted by molar-refractivity contribution is 8.13. The third kappa shape index (κ3) is 3.87. The quantitative estimate of drug-likeness (QED) is 0.590. The van der Waals surface area contributed by atoms with Crippen LogP contribution in [-0.2, 0) is 18.1 Å². The Morgan fingerprint density at radius 1 is 1.42 bits per heavy atom. The van der Waals surface area contributed by atoms with Crippen LogP contribution in [0.2, 0.25) is 0 Å². The van der Waals surface area contributed by atoms with Crippen LogP contribution >= 0.6 is 18.3 Å². The lowest BCUT2D eigenvalue weighted by molar-refractivity contribution is 0.192. The minimum atomic E-state index is -4.45. The molecule has 0 spiro atoms. The Kier molecular flexibility index (Phi) is 5.22. The molecular weight excluding hydrogens is 384 g/mol. The number of nitrogens with one attached hydrogen (secondary N) is 1. The molecule has 0 fully saturated rings. The molecule has 2 rings (SSSR count). The van der Waals surface area contributed by atoms with Crippen LogP contribution in [0.1, 0.15) is 20.3 Å². The first-order valence-corrected chi connectivity index (χ1v) is 10.7. The second-order valence-electron chi connectivity index (χ2n) is 5.14. The number of benzene rings is 1. The molecule has 0 radical (unpaired) electrons. The molecule has 1 heterocycles. The second kappa shape index (κ2) is 6.57. The van der Waals surface area contributed by atoms with Crippen molar-refractivity contribution in [2.24, 2.45) is 0 Å². The number of rotatable bonds is 5. The van der Waals surface area contributed by atoms with Crippen molar-refractivity contribution in [3.63, 3.8) is 0 Å². The second-order valence-corrected chi connectivity index (χ2v) is 9.40. The zero-order valence-corrected chi connectivity index (χ0v) is 15.1. The van der Waals surface area contributed by atoms with E-state index in [1.54, 1.807) is 13.8 Å². The first kappa shape index (κ1) is 19.1. The van der Waals surface area contributed by atoms with Crippen molar-refractivity contribution in [1.29, 1.82) is 0 Å². The predicted octanol–water partition coefficient (Wildman–Crippen LogP) is 2.22. The van der Waals surface area contributed by atoms with Gasteiger partial charge in [0, 0.05) is 16.1 Å². The molecule has 2 N–H and O–H groups in total. The van der Waals surface area contributed by atoms with Crippen molar-refractivity contribution in [3.8, 4) is 0 Å². The Bertz CT molecular complexity index is 1010. The molecule has 0 aliphatic carbocycles. The number of aromatic nitrogens is 1. The van der Waals surface area contributed by atoms with Gasteiger partial charge < -0.3 is 14.4 Å². The minimum absolute atomic E-state index is 0.0206.